The van der Waals surface area contributed by atoms with Crippen LogP contribution in [0.5, 0.6) is 5.75 Å². The summed E-state index contributed by atoms with van der Waals surface area (Å²) < 4.78 is 5.70. The molecule has 0 amide bonds. The van der Waals surface area contributed by atoms with Gasteiger partial charge in [-0.25, -0.2) is 4.79 Å². The largest absolute Gasteiger partial charge is 0.493 e. The first-order chi connectivity index (χ1) is 9.22. The van der Waals surface area contributed by atoms with Gasteiger partial charge in [-0.2, -0.15) is 0 Å². The molecule has 1 aromatic carbocycles. The molecule has 1 fully saturated rings. The van der Waals surface area contributed by atoms with Gasteiger partial charge in [-0.15, -0.1) is 11.8 Å². The van der Waals surface area contributed by atoms with Gasteiger partial charge in [-0.1, -0.05) is 32.3 Å². The Balaban J connectivity index is 2.04. The summed E-state index contributed by atoms with van der Waals surface area (Å²) in [5, 5.41) is 9.35. The highest BCUT2D eigenvalue weighted by Crippen LogP contribution is 2.32. The van der Waals surface area contributed by atoms with E-state index in [-0.39, 0.29) is 0 Å². The molecule has 0 unspecified atom stereocenters. The fourth-order valence-electron chi connectivity index (χ4n) is 2.23. The number of hydrogen-bond donors (Lipinski definition) is 1. The van der Waals surface area contributed by atoms with E-state index in [1.54, 1.807) is 6.07 Å². The van der Waals surface area contributed by atoms with Gasteiger partial charge in [0, 0.05) is 4.90 Å². The molecule has 4 heteroatoms. The average molecular weight is 280 g/mol. The molecule has 0 atom stereocenters. The monoisotopic (exact) mass is 280 g/mol. The third-order valence-corrected chi connectivity index (χ3v) is 4.45. The highest BCUT2D eigenvalue weighted by atomic mass is 32.2. The molecule has 1 aliphatic carbocycles. The second-order valence-corrected chi connectivity index (χ2v) is 6.11. The van der Waals surface area contributed by atoms with Crippen LogP contribution in [0.25, 0.3) is 0 Å². The Hall–Kier alpha value is -1.16. The van der Waals surface area contributed by atoms with Crippen molar-refractivity contribution in [2.75, 3.05) is 12.4 Å². The van der Waals surface area contributed by atoms with E-state index in [9.17, 15) is 9.90 Å². The zero-order valence-corrected chi connectivity index (χ0v) is 12.0. The number of thioether (sulfide) groups is 1. The first-order valence-corrected chi connectivity index (χ1v) is 7.82. The van der Waals surface area contributed by atoms with Crippen molar-refractivity contribution in [2.45, 2.75) is 37.5 Å². The molecule has 0 aliphatic heterocycles. The molecule has 1 aromatic rings. The van der Waals surface area contributed by atoms with Crippen molar-refractivity contribution in [1.29, 1.82) is 0 Å². The van der Waals surface area contributed by atoms with Crippen molar-refractivity contribution in [1.82, 2.24) is 0 Å². The van der Waals surface area contributed by atoms with Gasteiger partial charge < -0.3 is 9.84 Å². The third-order valence-electron chi connectivity index (χ3n) is 3.51. The second kappa shape index (κ2) is 6.85. The Labute approximate surface area is 118 Å². The molecule has 0 aromatic heterocycles. The average Bonchev–Trinajstić information content (AvgIpc) is 2.32. The number of carbonyl (C=O) groups is 1. The van der Waals surface area contributed by atoms with Gasteiger partial charge in [0.25, 0.3) is 0 Å². The molecule has 0 saturated heterocycles. The van der Waals surface area contributed by atoms with Crippen LogP contribution in [0.15, 0.2) is 23.1 Å². The van der Waals surface area contributed by atoms with Crippen LogP contribution in [0, 0.1) is 5.92 Å². The van der Waals surface area contributed by atoms with Crippen molar-refractivity contribution in [2.24, 2.45) is 5.92 Å². The lowest BCUT2D eigenvalue weighted by Gasteiger charge is -2.25. The summed E-state index contributed by atoms with van der Waals surface area (Å²) in [5.74, 6) is 1.23. The molecule has 19 heavy (non-hydrogen) atoms. The highest BCUT2D eigenvalue weighted by molar-refractivity contribution is 7.99. The van der Waals surface area contributed by atoms with E-state index >= 15 is 0 Å². The molecule has 3 nitrogen and oxygen atoms in total. The van der Waals surface area contributed by atoms with Crippen LogP contribution in [-0.2, 0) is 0 Å². The standard InChI is InChI=1S/C15H20O3S/c1-2-19-13-8-4-7-12(14(13)15(16)17)18-10-9-11-5-3-6-11/h4,7-8,11H,2-3,5-6,9-10H2,1H3,(H,16,17). The summed E-state index contributed by atoms with van der Waals surface area (Å²) in [6, 6.07) is 5.46. The van der Waals surface area contributed by atoms with Crippen molar-refractivity contribution in [3.05, 3.63) is 23.8 Å². The molecule has 1 N–H and O–H groups in total. The predicted molar refractivity (Wildman–Crippen MR) is 77.3 cm³/mol. The molecular weight excluding hydrogens is 260 g/mol. The predicted octanol–water partition coefficient (Wildman–Crippen LogP) is 4.07. The number of ether oxygens (including phenoxy) is 1. The van der Waals surface area contributed by atoms with Crippen molar-refractivity contribution >= 4 is 17.7 Å². The molecule has 0 spiro atoms. The first kappa shape index (κ1) is 14.3. The number of aromatic carboxylic acids is 1. The van der Waals surface area contributed by atoms with Crippen LogP contribution in [0.1, 0.15) is 43.0 Å². The van der Waals surface area contributed by atoms with E-state index in [4.69, 9.17) is 4.74 Å². The van der Waals surface area contributed by atoms with E-state index in [0.717, 1.165) is 23.0 Å². The fraction of sp³-hybridized carbons (Fsp3) is 0.533. The number of hydrogen-bond acceptors (Lipinski definition) is 3. The minimum atomic E-state index is -0.907. The number of rotatable bonds is 7. The van der Waals surface area contributed by atoms with Gasteiger partial charge >= 0.3 is 5.97 Å². The van der Waals surface area contributed by atoms with Gasteiger partial charge in [0.2, 0.25) is 0 Å². The zero-order chi connectivity index (χ0) is 13.7. The minimum Gasteiger partial charge on any atom is -0.493 e. The Morgan fingerprint density at radius 2 is 2.26 bits per heavy atom. The van der Waals surface area contributed by atoms with Gasteiger partial charge in [0.1, 0.15) is 11.3 Å². The van der Waals surface area contributed by atoms with E-state index in [1.165, 1.54) is 31.0 Å². The van der Waals surface area contributed by atoms with Gasteiger partial charge in [-0.05, 0) is 30.2 Å². The lowest BCUT2D eigenvalue weighted by Crippen LogP contribution is -2.15. The molecule has 1 saturated carbocycles. The second-order valence-electron chi connectivity index (χ2n) is 4.80. The maximum absolute atomic E-state index is 11.4. The molecule has 0 radical (unpaired) electrons. The minimum absolute atomic E-state index is 0.308. The van der Waals surface area contributed by atoms with Crippen LogP contribution < -0.4 is 4.74 Å². The van der Waals surface area contributed by atoms with Gasteiger partial charge in [0.15, 0.2) is 0 Å². The first-order valence-electron chi connectivity index (χ1n) is 6.84. The number of carboxylic acid groups (broad SMARTS) is 1. The van der Waals surface area contributed by atoms with Crippen molar-refractivity contribution in [3.63, 3.8) is 0 Å². The number of benzene rings is 1. The Bertz CT molecular complexity index is 441. The van der Waals surface area contributed by atoms with Gasteiger partial charge in [0.05, 0.1) is 6.61 Å². The van der Waals surface area contributed by atoms with Crippen LogP contribution in [-0.4, -0.2) is 23.4 Å². The molecule has 2 rings (SSSR count). The Morgan fingerprint density at radius 1 is 1.47 bits per heavy atom. The lowest BCUT2D eigenvalue weighted by atomic mass is 9.83. The smallest absolute Gasteiger partial charge is 0.340 e. The third kappa shape index (κ3) is 3.66. The molecule has 0 heterocycles. The molecule has 1 aliphatic rings. The topological polar surface area (TPSA) is 46.5 Å². The van der Waals surface area contributed by atoms with Crippen LogP contribution in [0.2, 0.25) is 0 Å². The quantitative estimate of drug-likeness (QED) is 0.765. The highest BCUT2D eigenvalue weighted by Gasteiger charge is 2.19. The molecule has 104 valence electrons. The van der Waals surface area contributed by atoms with Crippen LogP contribution in [0.4, 0.5) is 0 Å². The van der Waals surface area contributed by atoms with Crippen molar-refractivity contribution < 1.29 is 14.6 Å². The summed E-state index contributed by atoms with van der Waals surface area (Å²) in [7, 11) is 0. The summed E-state index contributed by atoms with van der Waals surface area (Å²) in [6.45, 7) is 2.63. The summed E-state index contributed by atoms with van der Waals surface area (Å²) in [6.07, 6.45) is 4.94. The zero-order valence-electron chi connectivity index (χ0n) is 11.2. The Morgan fingerprint density at radius 3 is 2.84 bits per heavy atom. The number of carboxylic acids is 1. The van der Waals surface area contributed by atoms with E-state index in [0.29, 0.717) is 17.9 Å². The van der Waals surface area contributed by atoms with Crippen LogP contribution >= 0.6 is 11.8 Å². The van der Waals surface area contributed by atoms with Crippen LogP contribution in [0.3, 0.4) is 0 Å². The SMILES string of the molecule is CCSc1cccc(OCCC2CCC2)c1C(=O)O. The summed E-state index contributed by atoms with van der Waals surface area (Å²) >= 11 is 1.54. The maximum atomic E-state index is 11.4. The van der Waals surface area contributed by atoms with E-state index in [1.807, 2.05) is 19.1 Å². The maximum Gasteiger partial charge on any atom is 0.340 e. The molecule has 0 bridgehead atoms. The summed E-state index contributed by atoms with van der Waals surface area (Å²) in [4.78, 5) is 12.2. The Kier molecular flexibility index (Phi) is 5.14. The van der Waals surface area contributed by atoms with E-state index in [2.05, 4.69) is 0 Å². The van der Waals surface area contributed by atoms with Crippen molar-refractivity contribution in [3.8, 4) is 5.75 Å². The molecular formula is C15H20O3S. The lowest BCUT2D eigenvalue weighted by molar-refractivity contribution is 0.0687. The normalized spacial score (nSPS) is 15.0. The van der Waals surface area contributed by atoms with Gasteiger partial charge in [-0.3, -0.25) is 0 Å². The summed E-state index contributed by atoms with van der Waals surface area (Å²) in [5.41, 5.74) is 0.308. The fourth-order valence-corrected chi connectivity index (χ4v) is 3.05. The van der Waals surface area contributed by atoms with E-state index < -0.39 is 5.97 Å².